The summed E-state index contributed by atoms with van der Waals surface area (Å²) in [7, 11) is 3.87. The first-order valence-corrected chi connectivity index (χ1v) is 6.12. The standard InChI is InChI=1S/C13H24N2O/c1-6-10(2)12-7-8-15(11(12)3)13(16)9-14(4)5/h10H,6-9H2,1-5H3. The number of nitrogens with zero attached hydrogens (tertiary/aromatic N) is 2. The van der Waals surface area contributed by atoms with Gasteiger partial charge < -0.3 is 9.80 Å². The van der Waals surface area contributed by atoms with Crippen LogP contribution >= 0.6 is 0 Å². The molecule has 1 rings (SSSR count). The highest BCUT2D eigenvalue weighted by atomic mass is 16.2. The molecule has 0 fully saturated rings. The van der Waals surface area contributed by atoms with Crippen LogP contribution in [0.4, 0.5) is 0 Å². The Labute approximate surface area is 99.1 Å². The Kier molecular flexibility index (Phi) is 4.54. The molecular weight excluding hydrogens is 200 g/mol. The van der Waals surface area contributed by atoms with E-state index in [1.807, 2.05) is 23.9 Å². The van der Waals surface area contributed by atoms with E-state index in [2.05, 4.69) is 20.8 Å². The van der Waals surface area contributed by atoms with Crippen LogP contribution in [0.15, 0.2) is 11.3 Å². The fourth-order valence-electron chi connectivity index (χ4n) is 2.27. The summed E-state index contributed by atoms with van der Waals surface area (Å²) in [5.74, 6) is 0.831. The molecule has 1 unspecified atom stereocenters. The van der Waals surface area contributed by atoms with Gasteiger partial charge in [-0.15, -0.1) is 0 Å². The van der Waals surface area contributed by atoms with Gasteiger partial charge in [0.25, 0.3) is 0 Å². The van der Waals surface area contributed by atoms with Gasteiger partial charge in [0.15, 0.2) is 0 Å². The average molecular weight is 224 g/mol. The first kappa shape index (κ1) is 13.2. The second kappa shape index (κ2) is 5.48. The molecule has 0 spiro atoms. The van der Waals surface area contributed by atoms with E-state index in [9.17, 15) is 4.79 Å². The van der Waals surface area contributed by atoms with Gasteiger partial charge >= 0.3 is 0 Å². The molecule has 0 radical (unpaired) electrons. The van der Waals surface area contributed by atoms with Gasteiger partial charge in [0, 0.05) is 12.2 Å². The lowest BCUT2D eigenvalue weighted by molar-refractivity contribution is -0.129. The molecule has 0 saturated carbocycles. The molecule has 1 aliphatic heterocycles. The Morgan fingerprint density at radius 1 is 1.50 bits per heavy atom. The highest BCUT2D eigenvalue weighted by Crippen LogP contribution is 2.30. The van der Waals surface area contributed by atoms with Gasteiger partial charge in [-0.3, -0.25) is 4.79 Å². The number of likely N-dealkylation sites (N-methyl/N-ethyl adjacent to an activating group) is 1. The van der Waals surface area contributed by atoms with Gasteiger partial charge in [-0.25, -0.2) is 0 Å². The molecule has 16 heavy (non-hydrogen) atoms. The molecule has 0 saturated heterocycles. The number of carbonyl (C=O) groups is 1. The van der Waals surface area contributed by atoms with Crippen LogP contribution in [0, 0.1) is 5.92 Å². The normalized spacial score (nSPS) is 18.5. The molecule has 1 atom stereocenters. The van der Waals surface area contributed by atoms with Gasteiger partial charge in [-0.05, 0) is 45.4 Å². The van der Waals surface area contributed by atoms with Crippen LogP contribution in [0.3, 0.4) is 0 Å². The zero-order valence-corrected chi connectivity index (χ0v) is 11.2. The number of rotatable bonds is 4. The van der Waals surface area contributed by atoms with Crippen molar-refractivity contribution in [2.45, 2.75) is 33.6 Å². The smallest absolute Gasteiger partial charge is 0.240 e. The lowest BCUT2D eigenvalue weighted by Gasteiger charge is -2.20. The average Bonchev–Trinajstić information content (AvgIpc) is 2.58. The van der Waals surface area contributed by atoms with Crippen molar-refractivity contribution in [2.75, 3.05) is 27.2 Å². The molecule has 1 heterocycles. The topological polar surface area (TPSA) is 23.6 Å². The van der Waals surface area contributed by atoms with Crippen molar-refractivity contribution in [3.8, 4) is 0 Å². The predicted molar refractivity (Wildman–Crippen MR) is 67.0 cm³/mol. The van der Waals surface area contributed by atoms with Crippen molar-refractivity contribution in [3.05, 3.63) is 11.3 Å². The third-order valence-corrected chi connectivity index (χ3v) is 3.43. The molecule has 92 valence electrons. The summed E-state index contributed by atoms with van der Waals surface area (Å²) in [5.41, 5.74) is 2.66. The lowest BCUT2D eigenvalue weighted by Crippen LogP contribution is -2.35. The van der Waals surface area contributed by atoms with Crippen molar-refractivity contribution in [3.63, 3.8) is 0 Å². The molecule has 0 bridgehead atoms. The molecule has 3 nitrogen and oxygen atoms in total. The third-order valence-electron chi connectivity index (χ3n) is 3.43. The van der Waals surface area contributed by atoms with E-state index in [-0.39, 0.29) is 5.91 Å². The van der Waals surface area contributed by atoms with E-state index >= 15 is 0 Å². The number of carbonyl (C=O) groups excluding carboxylic acids is 1. The minimum absolute atomic E-state index is 0.223. The third kappa shape index (κ3) is 2.85. The van der Waals surface area contributed by atoms with Gasteiger partial charge in [0.05, 0.1) is 6.54 Å². The summed E-state index contributed by atoms with van der Waals surface area (Å²) in [6.07, 6.45) is 2.21. The maximum absolute atomic E-state index is 12.0. The van der Waals surface area contributed by atoms with E-state index < -0.39 is 0 Å². The SMILES string of the molecule is CCC(C)C1=C(C)N(C(=O)CN(C)C)CC1. The molecule has 0 aromatic carbocycles. The fourth-order valence-corrected chi connectivity index (χ4v) is 2.27. The maximum Gasteiger partial charge on any atom is 0.240 e. The van der Waals surface area contributed by atoms with E-state index in [0.29, 0.717) is 12.5 Å². The minimum Gasteiger partial charge on any atom is -0.315 e. The maximum atomic E-state index is 12.0. The van der Waals surface area contributed by atoms with Crippen LogP contribution in [-0.2, 0) is 4.79 Å². The van der Waals surface area contributed by atoms with E-state index in [0.717, 1.165) is 19.4 Å². The molecule has 1 amide bonds. The highest BCUT2D eigenvalue weighted by Gasteiger charge is 2.26. The summed E-state index contributed by atoms with van der Waals surface area (Å²) >= 11 is 0. The quantitative estimate of drug-likeness (QED) is 0.730. The number of allylic oxidation sites excluding steroid dienone is 1. The van der Waals surface area contributed by atoms with E-state index in [1.165, 1.54) is 11.3 Å². The van der Waals surface area contributed by atoms with Crippen LogP contribution in [0.2, 0.25) is 0 Å². The molecule has 0 aromatic rings. The van der Waals surface area contributed by atoms with Crippen LogP contribution in [0.25, 0.3) is 0 Å². The molecule has 0 aliphatic carbocycles. The van der Waals surface area contributed by atoms with Gasteiger partial charge in [0.1, 0.15) is 0 Å². The van der Waals surface area contributed by atoms with Crippen molar-refractivity contribution in [2.24, 2.45) is 5.92 Å². The van der Waals surface area contributed by atoms with Crippen LogP contribution < -0.4 is 0 Å². The van der Waals surface area contributed by atoms with Crippen molar-refractivity contribution in [1.29, 1.82) is 0 Å². The second-order valence-electron chi connectivity index (χ2n) is 4.95. The summed E-state index contributed by atoms with van der Waals surface area (Å²) in [6, 6.07) is 0. The number of amides is 1. The van der Waals surface area contributed by atoms with E-state index in [1.54, 1.807) is 0 Å². The molecule has 1 aliphatic rings. The Bertz CT molecular complexity index is 294. The van der Waals surface area contributed by atoms with Crippen molar-refractivity contribution < 1.29 is 4.79 Å². The van der Waals surface area contributed by atoms with Gasteiger partial charge in [-0.2, -0.15) is 0 Å². The summed E-state index contributed by atoms with van der Waals surface area (Å²) in [6.45, 7) is 7.92. The van der Waals surface area contributed by atoms with Gasteiger partial charge in [0.2, 0.25) is 5.91 Å². The van der Waals surface area contributed by atoms with Gasteiger partial charge in [-0.1, -0.05) is 13.8 Å². The largest absolute Gasteiger partial charge is 0.315 e. The summed E-state index contributed by atoms with van der Waals surface area (Å²) in [4.78, 5) is 15.8. The first-order chi connectivity index (χ1) is 7.47. The van der Waals surface area contributed by atoms with Crippen LogP contribution in [0.1, 0.15) is 33.6 Å². The van der Waals surface area contributed by atoms with Crippen molar-refractivity contribution >= 4 is 5.91 Å². The predicted octanol–water partition coefficient (Wildman–Crippen LogP) is 2.10. The fraction of sp³-hybridized carbons (Fsp3) is 0.769. The molecule has 3 heteroatoms. The number of hydrogen-bond acceptors (Lipinski definition) is 2. The zero-order valence-electron chi connectivity index (χ0n) is 11.2. The van der Waals surface area contributed by atoms with Crippen molar-refractivity contribution in [1.82, 2.24) is 9.80 Å². The van der Waals surface area contributed by atoms with E-state index in [4.69, 9.17) is 0 Å². The Hall–Kier alpha value is -0.830. The van der Waals surface area contributed by atoms with Crippen LogP contribution in [0.5, 0.6) is 0 Å². The Morgan fingerprint density at radius 2 is 2.12 bits per heavy atom. The second-order valence-corrected chi connectivity index (χ2v) is 4.95. The molecule has 0 N–H and O–H groups in total. The monoisotopic (exact) mass is 224 g/mol. The highest BCUT2D eigenvalue weighted by molar-refractivity contribution is 5.80. The minimum atomic E-state index is 0.223. The van der Waals surface area contributed by atoms with Crippen LogP contribution in [-0.4, -0.2) is 42.9 Å². The summed E-state index contributed by atoms with van der Waals surface area (Å²) in [5, 5.41) is 0. The lowest BCUT2D eigenvalue weighted by atomic mass is 9.96. The molecular formula is C13H24N2O. The number of hydrogen-bond donors (Lipinski definition) is 0. The summed E-state index contributed by atoms with van der Waals surface area (Å²) < 4.78 is 0. The first-order valence-electron chi connectivity index (χ1n) is 6.12. The Morgan fingerprint density at radius 3 is 2.62 bits per heavy atom. The Balaban J connectivity index is 2.72. The zero-order chi connectivity index (χ0) is 12.3. The molecule has 0 aromatic heterocycles.